The Kier molecular flexibility index (Phi) is 4.16. The zero-order chi connectivity index (χ0) is 18.0. The third-order valence-electron chi connectivity index (χ3n) is 4.21. The lowest BCUT2D eigenvalue weighted by Crippen LogP contribution is -2.35. The Morgan fingerprint density at radius 1 is 0.692 bits per heavy atom. The van der Waals surface area contributed by atoms with Gasteiger partial charge in [-0.25, -0.2) is 15.0 Å². The van der Waals surface area contributed by atoms with E-state index in [1.54, 1.807) is 18.2 Å². The molecule has 0 saturated carbocycles. The third kappa shape index (κ3) is 3.18. The zero-order valence-electron chi connectivity index (χ0n) is 13.9. The Morgan fingerprint density at radius 2 is 1.23 bits per heavy atom. The molecular formula is C21H17N3O2. The van der Waals surface area contributed by atoms with E-state index >= 15 is 0 Å². The molecule has 5 heteroatoms. The fraction of sp³-hybridized carbons (Fsp3) is 0.0952. The summed E-state index contributed by atoms with van der Waals surface area (Å²) in [5.41, 5.74) is 1.68. The SMILES string of the molecule is OC1(O)C=CC=CC1c1nc(-c2ccccc2)nc(-c2ccccc2)n1. The molecule has 26 heavy (non-hydrogen) atoms. The van der Waals surface area contributed by atoms with Gasteiger partial charge in [0.1, 0.15) is 5.82 Å². The number of hydrogen-bond acceptors (Lipinski definition) is 5. The molecule has 1 aliphatic rings. The standard InChI is InChI=1S/C21H17N3O2/c25-21(26)14-8-7-13-17(21)20-23-18(15-9-3-1-4-10-15)22-19(24-20)16-11-5-2-6-12-16/h1-14,17,25-26H. The first-order valence-corrected chi connectivity index (χ1v) is 8.31. The summed E-state index contributed by atoms with van der Waals surface area (Å²) < 4.78 is 0. The summed E-state index contributed by atoms with van der Waals surface area (Å²) >= 11 is 0. The Labute approximate surface area is 151 Å². The summed E-state index contributed by atoms with van der Waals surface area (Å²) in [6, 6.07) is 19.1. The van der Waals surface area contributed by atoms with Gasteiger partial charge in [0.25, 0.3) is 0 Å². The molecule has 128 valence electrons. The van der Waals surface area contributed by atoms with Gasteiger partial charge < -0.3 is 10.2 Å². The highest BCUT2D eigenvalue weighted by Crippen LogP contribution is 2.31. The van der Waals surface area contributed by atoms with Crippen molar-refractivity contribution in [1.82, 2.24) is 15.0 Å². The molecule has 0 saturated heterocycles. The van der Waals surface area contributed by atoms with Crippen LogP contribution < -0.4 is 0 Å². The largest absolute Gasteiger partial charge is 0.362 e. The van der Waals surface area contributed by atoms with E-state index in [0.717, 1.165) is 11.1 Å². The molecule has 0 fully saturated rings. The van der Waals surface area contributed by atoms with Crippen LogP contribution in [0.2, 0.25) is 0 Å². The number of benzene rings is 2. The highest BCUT2D eigenvalue weighted by Gasteiger charge is 2.35. The van der Waals surface area contributed by atoms with Gasteiger partial charge >= 0.3 is 0 Å². The van der Waals surface area contributed by atoms with Crippen molar-refractivity contribution in [3.8, 4) is 22.8 Å². The first-order valence-electron chi connectivity index (χ1n) is 8.31. The second-order valence-corrected chi connectivity index (χ2v) is 6.08. The molecule has 0 spiro atoms. The zero-order valence-corrected chi connectivity index (χ0v) is 13.9. The molecule has 1 aromatic heterocycles. The molecule has 1 aliphatic carbocycles. The summed E-state index contributed by atoms with van der Waals surface area (Å²) in [6.45, 7) is 0. The first kappa shape index (κ1) is 16.3. The van der Waals surface area contributed by atoms with Crippen LogP contribution in [0.1, 0.15) is 11.7 Å². The van der Waals surface area contributed by atoms with Gasteiger partial charge in [-0.3, -0.25) is 0 Å². The monoisotopic (exact) mass is 343 g/mol. The average molecular weight is 343 g/mol. The second kappa shape index (κ2) is 6.63. The highest BCUT2D eigenvalue weighted by atomic mass is 16.5. The van der Waals surface area contributed by atoms with Crippen molar-refractivity contribution in [2.24, 2.45) is 0 Å². The van der Waals surface area contributed by atoms with E-state index in [-0.39, 0.29) is 0 Å². The molecule has 2 aromatic carbocycles. The molecule has 0 radical (unpaired) electrons. The molecule has 0 bridgehead atoms. The van der Waals surface area contributed by atoms with Crippen LogP contribution in [0.5, 0.6) is 0 Å². The van der Waals surface area contributed by atoms with Crippen LogP contribution >= 0.6 is 0 Å². The molecule has 2 N–H and O–H groups in total. The maximum absolute atomic E-state index is 10.3. The number of hydrogen-bond donors (Lipinski definition) is 2. The van der Waals surface area contributed by atoms with Crippen molar-refractivity contribution in [2.75, 3.05) is 0 Å². The summed E-state index contributed by atoms with van der Waals surface area (Å²) in [5.74, 6) is -1.52. The second-order valence-electron chi connectivity index (χ2n) is 6.08. The Hall–Kier alpha value is -3.15. The molecule has 1 heterocycles. The topological polar surface area (TPSA) is 79.1 Å². The van der Waals surface area contributed by atoms with E-state index in [4.69, 9.17) is 0 Å². The molecule has 5 nitrogen and oxygen atoms in total. The fourth-order valence-electron chi connectivity index (χ4n) is 2.86. The van der Waals surface area contributed by atoms with Crippen LogP contribution in [-0.2, 0) is 0 Å². The van der Waals surface area contributed by atoms with Gasteiger partial charge in [0, 0.05) is 11.1 Å². The van der Waals surface area contributed by atoms with E-state index in [1.165, 1.54) is 6.08 Å². The molecule has 1 atom stereocenters. The Balaban J connectivity index is 1.89. The first-order chi connectivity index (χ1) is 12.6. The number of aromatic nitrogens is 3. The molecule has 3 aromatic rings. The number of allylic oxidation sites excluding steroid dienone is 2. The lowest BCUT2D eigenvalue weighted by molar-refractivity contribution is -0.129. The lowest BCUT2D eigenvalue weighted by atomic mass is 9.93. The Morgan fingerprint density at radius 3 is 1.73 bits per heavy atom. The smallest absolute Gasteiger partial charge is 0.196 e. The van der Waals surface area contributed by atoms with Crippen molar-refractivity contribution in [3.63, 3.8) is 0 Å². The van der Waals surface area contributed by atoms with E-state index in [9.17, 15) is 10.2 Å². The van der Waals surface area contributed by atoms with Crippen LogP contribution in [-0.4, -0.2) is 31.0 Å². The van der Waals surface area contributed by atoms with Crippen molar-refractivity contribution < 1.29 is 10.2 Å². The molecular weight excluding hydrogens is 326 g/mol. The average Bonchev–Trinajstić information content (AvgIpc) is 2.69. The quantitative estimate of drug-likeness (QED) is 0.715. The van der Waals surface area contributed by atoms with Crippen LogP contribution in [0.25, 0.3) is 22.8 Å². The van der Waals surface area contributed by atoms with Gasteiger partial charge in [0.2, 0.25) is 0 Å². The van der Waals surface area contributed by atoms with Crippen LogP contribution in [0, 0.1) is 0 Å². The van der Waals surface area contributed by atoms with Crippen molar-refractivity contribution in [2.45, 2.75) is 11.7 Å². The fourth-order valence-corrected chi connectivity index (χ4v) is 2.86. The third-order valence-corrected chi connectivity index (χ3v) is 4.21. The van der Waals surface area contributed by atoms with E-state index in [1.807, 2.05) is 60.7 Å². The highest BCUT2D eigenvalue weighted by molar-refractivity contribution is 5.61. The summed E-state index contributed by atoms with van der Waals surface area (Å²) in [7, 11) is 0. The van der Waals surface area contributed by atoms with Gasteiger partial charge in [0.05, 0.1) is 5.92 Å². The predicted octanol–water partition coefficient (Wildman–Crippen LogP) is 3.10. The minimum Gasteiger partial charge on any atom is -0.362 e. The maximum Gasteiger partial charge on any atom is 0.196 e. The number of aliphatic hydroxyl groups is 2. The van der Waals surface area contributed by atoms with Gasteiger partial charge in [-0.15, -0.1) is 0 Å². The Bertz CT molecular complexity index is 909. The van der Waals surface area contributed by atoms with Crippen LogP contribution in [0.3, 0.4) is 0 Å². The minimum atomic E-state index is -2.04. The lowest BCUT2D eigenvalue weighted by Gasteiger charge is -2.27. The predicted molar refractivity (Wildman–Crippen MR) is 98.9 cm³/mol. The van der Waals surface area contributed by atoms with Crippen molar-refractivity contribution in [1.29, 1.82) is 0 Å². The number of nitrogens with zero attached hydrogens (tertiary/aromatic N) is 3. The van der Waals surface area contributed by atoms with Crippen molar-refractivity contribution >= 4 is 0 Å². The molecule has 1 unspecified atom stereocenters. The van der Waals surface area contributed by atoms with Gasteiger partial charge in [0.15, 0.2) is 17.4 Å². The maximum atomic E-state index is 10.3. The van der Waals surface area contributed by atoms with Crippen molar-refractivity contribution in [3.05, 3.63) is 90.8 Å². The summed E-state index contributed by atoms with van der Waals surface area (Å²) in [6.07, 6.45) is 6.35. The molecule has 0 amide bonds. The van der Waals surface area contributed by atoms with Crippen LogP contribution in [0.15, 0.2) is 85.0 Å². The summed E-state index contributed by atoms with van der Waals surface area (Å²) in [5, 5.41) is 20.7. The minimum absolute atomic E-state index is 0.309. The normalized spacial score (nSPS) is 18.0. The van der Waals surface area contributed by atoms with Crippen LogP contribution in [0.4, 0.5) is 0 Å². The van der Waals surface area contributed by atoms with E-state index < -0.39 is 11.7 Å². The van der Waals surface area contributed by atoms with Gasteiger partial charge in [-0.1, -0.05) is 78.9 Å². The molecule has 4 rings (SSSR count). The summed E-state index contributed by atoms with van der Waals surface area (Å²) in [4.78, 5) is 13.6. The van der Waals surface area contributed by atoms with Gasteiger partial charge in [-0.05, 0) is 6.08 Å². The molecule has 0 aliphatic heterocycles. The van der Waals surface area contributed by atoms with E-state index in [2.05, 4.69) is 15.0 Å². The number of rotatable bonds is 3. The van der Waals surface area contributed by atoms with E-state index in [0.29, 0.717) is 17.5 Å². The van der Waals surface area contributed by atoms with Gasteiger partial charge in [-0.2, -0.15) is 0 Å².